The first-order valence-corrected chi connectivity index (χ1v) is 6.46. The van der Waals surface area contributed by atoms with Crippen molar-refractivity contribution < 1.29 is 9.84 Å². The molecular formula is C8H11Br2NO2S. The Labute approximate surface area is 104 Å². The van der Waals surface area contributed by atoms with Gasteiger partial charge in [-0.25, -0.2) is 0 Å². The largest absolute Gasteiger partial charge is 0.394 e. The summed E-state index contributed by atoms with van der Waals surface area (Å²) < 4.78 is 7.42. The lowest BCUT2D eigenvalue weighted by molar-refractivity contribution is 0.0348. The summed E-state index contributed by atoms with van der Waals surface area (Å²) in [5, 5.41) is 8.64. The molecule has 0 amide bonds. The van der Waals surface area contributed by atoms with Crippen LogP contribution in [0, 0.1) is 0 Å². The Balaban J connectivity index is 2.68. The van der Waals surface area contributed by atoms with Crippen LogP contribution in [0.2, 0.25) is 0 Å². The molecule has 0 aromatic carbocycles. The molecular weight excluding hydrogens is 334 g/mol. The fourth-order valence-electron chi connectivity index (χ4n) is 0.983. The van der Waals surface area contributed by atoms with Crippen LogP contribution in [-0.2, 0) is 4.74 Å². The minimum absolute atomic E-state index is 0.0181. The third-order valence-electron chi connectivity index (χ3n) is 1.61. The molecule has 80 valence electrons. The smallest absolute Gasteiger partial charge is 0.104 e. The minimum atomic E-state index is -0.130. The molecule has 0 fully saturated rings. The van der Waals surface area contributed by atoms with Gasteiger partial charge < -0.3 is 15.6 Å². The molecule has 0 spiro atoms. The highest BCUT2D eigenvalue weighted by Crippen LogP contribution is 2.36. The van der Waals surface area contributed by atoms with Crippen molar-refractivity contribution in [2.45, 2.75) is 6.10 Å². The first kappa shape index (κ1) is 12.6. The zero-order chi connectivity index (χ0) is 10.6. The van der Waals surface area contributed by atoms with Crippen LogP contribution in [-0.4, -0.2) is 24.9 Å². The lowest BCUT2D eigenvalue weighted by atomic mass is 10.3. The number of aliphatic hydroxyl groups is 1. The van der Waals surface area contributed by atoms with Gasteiger partial charge in [-0.1, -0.05) is 0 Å². The molecule has 1 aromatic heterocycles. The number of nitrogens with two attached hydrogens (primary N) is 1. The number of hydrogen-bond donors (Lipinski definition) is 2. The Morgan fingerprint density at radius 3 is 2.71 bits per heavy atom. The Kier molecular flexibility index (Phi) is 5.58. The summed E-state index contributed by atoms with van der Waals surface area (Å²) in [6, 6.07) is 1.98. The highest BCUT2D eigenvalue weighted by Gasteiger charge is 2.14. The normalized spacial score (nSPS) is 13.1. The number of rotatable bonds is 5. The summed E-state index contributed by atoms with van der Waals surface area (Å²) in [5.74, 6) is 0. The molecule has 1 unspecified atom stereocenters. The predicted molar refractivity (Wildman–Crippen MR) is 64.6 cm³/mol. The molecule has 0 aliphatic heterocycles. The van der Waals surface area contributed by atoms with Crippen molar-refractivity contribution in [3.05, 3.63) is 19.2 Å². The molecule has 1 rings (SSSR count). The summed E-state index contributed by atoms with van der Waals surface area (Å²) in [4.78, 5) is 1.06. The SMILES string of the molecule is NCC(OCCO)c1cc(Br)c(Br)s1. The third kappa shape index (κ3) is 3.29. The summed E-state index contributed by atoms with van der Waals surface area (Å²) in [6.07, 6.45) is -0.130. The van der Waals surface area contributed by atoms with E-state index in [0.29, 0.717) is 13.2 Å². The van der Waals surface area contributed by atoms with Crippen LogP contribution in [0.15, 0.2) is 14.3 Å². The first-order valence-electron chi connectivity index (χ1n) is 4.06. The van der Waals surface area contributed by atoms with E-state index in [9.17, 15) is 0 Å². The lowest BCUT2D eigenvalue weighted by Crippen LogP contribution is -2.16. The van der Waals surface area contributed by atoms with E-state index in [1.807, 2.05) is 6.07 Å². The summed E-state index contributed by atoms with van der Waals surface area (Å²) in [6.45, 7) is 0.749. The van der Waals surface area contributed by atoms with Crippen LogP contribution in [0.25, 0.3) is 0 Å². The fraction of sp³-hybridized carbons (Fsp3) is 0.500. The number of ether oxygens (including phenoxy) is 1. The van der Waals surface area contributed by atoms with Crippen molar-refractivity contribution in [2.75, 3.05) is 19.8 Å². The third-order valence-corrected chi connectivity index (χ3v) is 4.95. The lowest BCUT2D eigenvalue weighted by Gasteiger charge is -2.12. The number of halogens is 2. The summed E-state index contributed by atoms with van der Waals surface area (Å²) in [7, 11) is 0. The van der Waals surface area contributed by atoms with Gasteiger partial charge in [-0.3, -0.25) is 0 Å². The van der Waals surface area contributed by atoms with Gasteiger partial charge in [0.2, 0.25) is 0 Å². The second-order valence-electron chi connectivity index (χ2n) is 2.59. The molecule has 0 aliphatic rings. The fourth-order valence-corrected chi connectivity index (χ4v) is 3.14. The maximum Gasteiger partial charge on any atom is 0.104 e. The van der Waals surface area contributed by atoms with Crippen LogP contribution < -0.4 is 5.73 Å². The van der Waals surface area contributed by atoms with Gasteiger partial charge in [0.1, 0.15) is 6.10 Å². The van der Waals surface area contributed by atoms with Gasteiger partial charge in [-0.2, -0.15) is 0 Å². The van der Waals surface area contributed by atoms with Crippen LogP contribution >= 0.6 is 43.2 Å². The van der Waals surface area contributed by atoms with Gasteiger partial charge in [-0.15, -0.1) is 11.3 Å². The van der Waals surface area contributed by atoms with Gasteiger partial charge in [0.25, 0.3) is 0 Å². The highest BCUT2D eigenvalue weighted by atomic mass is 79.9. The van der Waals surface area contributed by atoms with Crippen molar-refractivity contribution in [3.8, 4) is 0 Å². The van der Waals surface area contributed by atoms with Crippen LogP contribution in [0.4, 0.5) is 0 Å². The van der Waals surface area contributed by atoms with E-state index in [2.05, 4.69) is 31.9 Å². The Hall–Kier alpha value is 0.540. The standard InChI is InChI=1S/C8H11Br2NO2S/c9-5-3-7(14-8(5)10)6(4-11)13-2-1-12/h3,6,12H,1-2,4,11H2. The van der Waals surface area contributed by atoms with Gasteiger partial charge in [0.15, 0.2) is 0 Å². The Morgan fingerprint density at radius 2 is 2.29 bits per heavy atom. The van der Waals surface area contributed by atoms with E-state index in [4.69, 9.17) is 15.6 Å². The second kappa shape index (κ2) is 6.19. The zero-order valence-corrected chi connectivity index (χ0v) is 11.4. The van der Waals surface area contributed by atoms with Gasteiger partial charge in [-0.05, 0) is 37.9 Å². The summed E-state index contributed by atoms with van der Waals surface area (Å²) >= 11 is 8.39. The molecule has 14 heavy (non-hydrogen) atoms. The van der Waals surface area contributed by atoms with Gasteiger partial charge >= 0.3 is 0 Å². The molecule has 0 saturated carbocycles. The Bertz CT molecular complexity index is 273. The maximum absolute atomic E-state index is 8.64. The van der Waals surface area contributed by atoms with Crippen molar-refractivity contribution in [1.82, 2.24) is 0 Å². The molecule has 0 bridgehead atoms. The Morgan fingerprint density at radius 1 is 1.57 bits per heavy atom. The van der Waals surface area contributed by atoms with E-state index in [0.717, 1.165) is 13.1 Å². The van der Waals surface area contributed by atoms with E-state index < -0.39 is 0 Å². The van der Waals surface area contributed by atoms with E-state index in [1.54, 1.807) is 11.3 Å². The average Bonchev–Trinajstić information content (AvgIpc) is 2.48. The van der Waals surface area contributed by atoms with Crippen LogP contribution in [0.5, 0.6) is 0 Å². The average molecular weight is 345 g/mol. The van der Waals surface area contributed by atoms with Gasteiger partial charge in [0, 0.05) is 15.9 Å². The van der Waals surface area contributed by atoms with Crippen molar-refractivity contribution >= 4 is 43.2 Å². The molecule has 3 N–H and O–H groups in total. The first-order chi connectivity index (χ1) is 6.69. The number of aliphatic hydroxyl groups excluding tert-OH is 1. The van der Waals surface area contributed by atoms with Crippen molar-refractivity contribution in [2.24, 2.45) is 5.73 Å². The molecule has 0 radical (unpaired) electrons. The van der Waals surface area contributed by atoms with E-state index in [-0.39, 0.29) is 12.7 Å². The quantitative estimate of drug-likeness (QED) is 0.861. The molecule has 1 atom stereocenters. The molecule has 1 heterocycles. The van der Waals surface area contributed by atoms with Crippen molar-refractivity contribution in [3.63, 3.8) is 0 Å². The summed E-state index contributed by atoms with van der Waals surface area (Å²) in [5.41, 5.74) is 5.57. The topological polar surface area (TPSA) is 55.5 Å². The second-order valence-corrected chi connectivity index (χ2v) is 5.85. The monoisotopic (exact) mass is 343 g/mol. The van der Waals surface area contributed by atoms with E-state index in [1.165, 1.54) is 0 Å². The van der Waals surface area contributed by atoms with Crippen LogP contribution in [0.3, 0.4) is 0 Å². The predicted octanol–water partition coefficient (Wildman–Crippen LogP) is 2.28. The van der Waals surface area contributed by atoms with E-state index >= 15 is 0 Å². The molecule has 3 nitrogen and oxygen atoms in total. The number of hydrogen-bond acceptors (Lipinski definition) is 4. The van der Waals surface area contributed by atoms with Crippen molar-refractivity contribution in [1.29, 1.82) is 0 Å². The molecule has 0 saturated heterocycles. The molecule has 1 aromatic rings. The minimum Gasteiger partial charge on any atom is -0.394 e. The number of thiophene rings is 1. The molecule has 0 aliphatic carbocycles. The van der Waals surface area contributed by atoms with Crippen LogP contribution in [0.1, 0.15) is 11.0 Å². The molecule has 6 heteroatoms. The zero-order valence-electron chi connectivity index (χ0n) is 7.37. The van der Waals surface area contributed by atoms with Gasteiger partial charge in [0.05, 0.1) is 17.0 Å². The maximum atomic E-state index is 8.64. The highest BCUT2D eigenvalue weighted by molar-refractivity contribution is 9.13.